The smallest absolute Gasteiger partial charge is 0.0594 e. The second-order valence-corrected chi connectivity index (χ2v) is 5.30. The molecule has 0 saturated carbocycles. The molecule has 2 aromatic carbocycles. The van der Waals surface area contributed by atoms with Gasteiger partial charge in [0.2, 0.25) is 0 Å². The standard InChI is InChI=1S/C17H22N2O/c1-2-5-16-14-17(7-6-15(16)4-1)18-8-3-9-19-10-12-20-13-11-19/h1-2,4-7,14,18H,3,8-13H2. The molecule has 0 aromatic heterocycles. The number of nitrogens with one attached hydrogen (secondary N) is 1. The lowest BCUT2D eigenvalue weighted by Gasteiger charge is -2.26. The van der Waals surface area contributed by atoms with Crippen LogP contribution in [0, 0.1) is 0 Å². The van der Waals surface area contributed by atoms with Crippen molar-refractivity contribution < 1.29 is 4.74 Å². The Morgan fingerprint density at radius 1 is 1.00 bits per heavy atom. The predicted molar refractivity (Wildman–Crippen MR) is 84.3 cm³/mol. The zero-order valence-corrected chi connectivity index (χ0v) is 11.8. The van der Waals surface area contributed by atoms with Gasteiger partial charge in [0.1, 0.15) is 0 Å². The molecule has 0 spiro atoms. The molecule has 0 radical (unpaired) electrons. The molecule has 3 heteroatoms. The average molecular weight is 270 g/mol. The minimum absolute atomic E-state index is 0.887. The van der Waals surface area contributed by atoms with Crippen molar-refractivity contribution in [2.45, 2.75) is 6.42 Å². The lowest BCUT2D eigenvalue weighted by atomic mass is 10.1. The van der Waals surface area contributed by atoms with Gasteiger partial charge in [-0.3, -0.25) is 4.90 Å². The number of benzene rings is 2. The summed E-state index contributed by atoms with van der Waals surface area (Å²) < 4.78 is 5.36. The zero-order valence-electron chi connectivity index (χ0n) is 11.8. The highest BCUT2D eigenvalue weighted by molar-refractivity contribution is 5.85. The third-order valence-corrected chi connectivity index (χ3v) is 3.83. The van der Waals surface area contributed by atoms with Gasteiger partial charge in [0.05, 0.1) is 13.2 Å². The third-order valence-electron chi connectivity index (χ3n) is 3.83. The van der Waals surface area contributed by atoms with Gasteiger partial charge in [0.25, 0.3) is 0 Å². The van der Waals surface area contributed by atoms with Crippen LogP contribution in [0.25, 0.3) is 10.8 Å². The van der Waals surface area contributed by atoms with Gasteiger partial charge in [-0.1, -0.05) is 30.3 Å². The molecule has 0 unspecified atom stereocenters. The number of anilines is 1. The normalized spacial score (nSPS) is 16.4. The van der Waals surface area contributed by atoms with Gasteiger partial charge in [-0.2, -0.15) is 0 Å². The molecule has 106 valence electrons. The van der Waals surface area contributed by atoms with Crippen LogP contribution < -0.4 is 5.32 Å². The third kappa shape index (κ3) is 3.50. The first-order valence-corrected chi connectivity index (χ1v) is 7.44. The van der Waals surface area contributed by atoms with Gasteiger partial charge in [-0.15, -0.1) is 0 Å². The molecule has 1 aliphatic rings. The second kappa shape index (κ2) is 6.73. The van der Waals surface area contributed by atoms with Crippen LogP contribution in [0.1, 0.15) is 6.42 Å². The van der Waals surface area contributed by atoms with Crippen molar-refractivity contribution in [1.82, 2.24) is 4.90 Å². The number of nitrogens with zero attached hydrogens (tertiary/aromatic N) is 1. The summed E-state index contributed by atoms with van der Waals surface area (Å²) >= 11 is 0. The van der Waals surface area contributed by atoms with Crippen molar-refractivity contribution in [2.75, 3.05) is 44.7 Å². The summed E-state index contributed by atoms with van der Waals surface area (Å²) in [6.07, 6.45) is 1.17. The maximum atomic E-state index is 5.36. The van der Waals surface area contributed by atoms with Crippen molar-refractivity contribution in [3.8, 4) is 0 Å². The fraction of sp³-hybridized carbons (Fsp3) is 0.412. The summed E-state index contributed by atoms with van der Waals surface area (Å²) in [7, 11) is 0. The summed E-state index contributed by atoms with van der Waals surface area (Å²) in [5.41, 5.74) is 1.21. The summed E-state index contributed by atoms with van der Waals surface area (Å²) in [6, 6.07) is 15.1. The van der Waals surface area contributed by atoms with E-state index in [1.54, 1.807) is 0 Å². The average Bonchev–Trinajstić information content (AvgIpc) is 2.52. The minimum Gasteiger partial charge on any atom is -0.385 e. The molecule has 0 bridgehead atoms. The molecule has 2 aromatic rings. The van der Waals surface area contributed by atoms with Crippen molar-refractivity contribution in [2.24, 2.45) is 0 Å². The minimum atomic E-state index is 0.887. The fourth-order valence-corrected chi connectivity index (χ4v) is 2.66. The topological polar surface area (TPSA) is 24.5 Å². The van der Waals surface area contributed by atoms with E-state index in [0.29, 0.717) is 0 Å². The molecule has 3 nitrogen and oxygen atoms in total. The molecule has 3 rings (SSSR count). The molecule has 1 heterocycles. The molecule has 0 aliphatic carbocycles. The number of ether oxygens (including phenoxy) is 1. The van der Waals surface area contributed by atoms with Crippen LogP contribution in [0.15, 0.2) is 42.5 Å². The highest BCUT2D eigenvalue weighted by atomic mass is 16.5. The molecule has 1 saturated heterocycles. The van der Waals surface area contributed by atoms with Crippen LogP contribution in [0.2, 0.25) is 0 Å². The van der Waals surface area contributed by atoms with Crippen LogP contribution in [-0.2, 0) is 4.74 Å². The van der Waals surface area contributed by atoms with Crippen molar-refractivity contribution in [3.63, 3.8) is 0 Å². The molecule has 1 aliphatic heterocycles. The molecular formula is C17H22N2O. The van der Waals surface area contributed by atoms with Crippen LogP contribution >= 0.6 is 0 Å². The van der Waals surface area contributed by atoms with Crippen LogP contribution in [-0.4, -0.2) is 44.3 Å². The number of fused-ring (bicyclic) bond motifs is 1. The molecule has 0 amide bonds. The van der Waals surface area contributed by atoms with E-state index < -0.39 is 0 Å². The van der Waals surface area contributed by atoms with E-state index in [1.807, 2.05) is 0 Å². The number of rotatable bonds is 5. The largest absolute Gasteiger partial charge is 0.385 e. The highest BCUT2D eigenvalue weighted by Gasteiger charge is 2.08. The van der Waals surface area contributed by atoms with Crippen molar-refractivity contribution in [1.29, 1.82) is 0 Å². The summed E-state index contributed by atoms with van der Waals surface area (Å²) in [6.45, 7) is 6.11. The summed E-state index contributed by atoms with van der Waals surface area (Å²) in [5, 5.41) is 6.11. The number of hydrogen-bond donors (Lipinski definition) is 1. The van der Waals surface area contributed by atoms with Gasteiger partial charge in [0, 0.05) is 25.3 Å². The Kier molecular flexibility index (Phi) is 4.51. The fourth-order valence-electron chi connectivity index (χ4n) is 2.66. The van der Waals surface area contributed by atoms with Gasteiger partial charge >= 0.3 is 0 Å². The number of morpholine rings is 1. The van der Waals surface area contributed by atoms with Gasteiger partial charge in [-0.05, 0) is 35.9 Å². The molecular weight excluding hydrogens is 248 g/mol. The molecule has 1 N–H and O–H groups in total. The number of hydrogen-bond acceptors (Lipinski definition) is 3. The van der Waals surface area contributed by atoms with E-state index in [9.17, 15) is 0 Å². The lowest BCUT2D eigenvalue weighted by Crippen LogP contribution is -2.37. The Morgan fingerprint density at radius 2 is 1.80 bits per heavy atom. The maximum absolute atomic E-state index is 5.36. The molecule has 0 atom stereocenters. The highest BCUT2D eigenvalue weighted by Crippen LogP contribution is 2.18. The van der Waals surface area contributed by atoms with Gasteiger partial charge in [0.15, 0.2) is 0 Å². The Hall–Kier alpha value is -1.58. The van der Waals surface area contributed by atoms with E-state index in [4.69, 9.17) is 4.74 Å². The Morgan fingerprint density at radius 3 is 2.65 bits per heavy atom. The van der Waals surface area contributed by atoms with Gasteiger partial charge in [-0.25, -0.2) is 0 Å². The van der Waals surface area contributed by atoms with E-state index >= 15 is 0 Å². The molecule has 1 fully saturated rings. The Labute approximate surface area is 120 Å². The van der Waals surface area contributed by atoms with Crippen molar-refractivity contribution in [3.05, 3.63) is 42.5 Å². The SMILES string of the molecule is c1ccc2cc(NCCCN3CCOCC3)ccc2c1. The second-order valence-electron chi connectivity index (χ2n) is 5.30. The van der Waals surface area contributed by atoms with Gasteiger partial charge < -0.3 is 10.1 Å². The summed E-state index contributed by atoms with van der Waals surface area (Å²) in [5.74, 6) is 0. The van der Waals surface area contributed by atoms with Crippen LogP contribution in [0.4, 0.5) is 5.69 Å². The summed E-state index contributed by atoms with van der Waals surface area (Å²) in [4.78, 5) is 2.48. The maximum Gasteiger partial charge on any atom is 0.0594 e. The Balaban J connectivity index is 1.47. The van der Waals surface area contributed by atoms with E-state index in [1.165, 1.54) is 22.9 Å². The first-order chi connectivity index (χ1) is 9.92. The molecule has 20 heavy (non-hydrogen) atoms. The zero-order chi connectivity index (χ0) is 13.6. The van der Waals surface area contributed by atoms with Crippen LogP contribution in [0.3, 0.4) is 0 Å². The first kappa shape index (κ1) is 13.4. The van der Waals surface area contributed by atoms with E-state index in [-0.39, 0.29) is 0 Å². The Bertz CT molecular complexity index is 549. The lowest BCUT2D eigenvalue weighted by molar-refractivity contribution is 0.0378. The van der Waals surface area contributed by atoms with E-state index in [0.717, 1.165) is 39.4 Å². The van der Waals surface area contributed by atoms with Crippen LogP contribution in [0.5, 0.6) is 0 Å². The van der Waals surface area contributed by atoms with Crippen molar-refractivity contribution >= 4 is 16.5 Å². The van der Waals surface area contributed by atoms with E-state index in [2.05, 4.69) is 52.7 Å². The monoisotopic (exact) mass is 270 g/mol. The first-order valence-electron chi connectivity index (χ1n) is 7.44. The quantitative estimate of drug-likeness (QED) is 0.845. The predicted octanol–water partition coefficient (Wildman–Crippen LogP) is 2.97.